The SMILES string of the molecule is CC(Nc1nc(=O)n(C)c2ccc(Nc3nc(N4C[C@@H](C)O[C@@H](C)C4)ncc3Cl)cc12)c1ncccn1. The number of aryl methyl sites for hydroxylation is 1. The van der Waals surface area contributed by atoms with E-state index in [0.29, 0.717) is 41.5 Å². The molecule has 37 heavy (non-hydrogen) atoms. The second kappa shape index (κ2) is 10.3. The number of benzene rings is 1. The number of hydrogen-bond acceptors (Lipinski definition) is 10. The van der Waals surface area contributed by atoms with Crippen molar-refractivity contribution in [3.05, 3.63) is 64.2 Å². The Bertz CT molecular complexity index is 1470. The number of halogens is 1. The second-order valence-electron chi connectivity index (χ2n) is 9.16. The van der Waals surface area contributed by atoms with E-state index in [1.54, 1.807) is 31.7 Å². The van der Waals surface area contributed by atoms with Gasteiger partial charge in [-0.05, 0) is 45.0 Å². The van der Waals surface area contributed by atoms with Crippen LogP contribution in [0.15, 0.2) is 47.7 Å². The first-order valence-electron chi connectivity index (χ1n) is 12.0. The zero-order chi connectivity index (χ0) is 26.1. The monoisotopic (exact) mass is 521 g/mol. The molecule has 3 aromatic heterocycles. The summed E-state index contributed by atoms with van der Waals surface area (Å²) in [5.74, 6) is 2.10. The van der Waals surface area contributed by atoms with E-state index in [0.717, 1.165) is 16.6 Å². The summed E-state index contributed by atoms with van der Waals surface area (Å²) >= 11 is 6.46. The highest BCUT2D eigenvalue weighted by Gasteiger charge is 2.24. The molecular formula is C25H28ClN9O2. The van der Waals surface area contributed by atoms with Gasteiger partial charge in [-0.2, -0.15) is 9.97 Å². The van der Waals surface area contributed by atoms with Crippen LogP contribution in [-0.2, 0) is 11.8 Å². The summed E-state index contributed by atoms with van der Waals surface area (Å²) < 4.78 is 7.33. The molecule has 4 heterocycles. The summed E-state index contributed by atoms with van der Waals surface area (Å²) in [6, 6.07) is 7.12. The van der Waals surface area contributed by atoms with E-state index in [-0.39, 0.29) is 23.9 Å². The van der Waals surface area contributed by atoms with E-state index < -0.39 is 0 Å². The smallest absolute Gasteiger partial charge is 0.349 e. The Balaban J connectivity index is 1.47. The van der Waals surface area contributed by atoms with Crippen molar-refractivity contribution in [1.82, 2.24) is 29.5 Å². The van der Waals surface area contributed by atoms with E-state index in [1.165, 1.54) is 4.57 Å². The van der Waals surface area contributed by atoms with Crippen molar-refractivity contribution in [3.8, 4) is 0 Å². The van der Waals surface area contributed by atoms with E-state index in [2.05, 4.69) is 35.5 Å². The molecule has 1 aliphatic heterocycles. The van der Waals surface area contributed by atoms with Gasteiger partial charge >= 0.3 is 5.69 Å². The summed E-state index contributed by atoms with van der Waals surface area (Å²) in [6.45, 7) is 7.37. The molecular weight excluding hydrogens is 494 g/mol. The number of rotatable bonds is 6. The molecule has 0 radical (unpaired) electrons. The van der Waals surface area contributed by atoms with Gasteiger partial charge in [-0.15, -0.1) is 0 Å². The summed E-state index contributed by atoms with van der Waals surface area (Å²) in [6.07, 6.45) is 5.10. The molecule has 192 valence electrons. The van der Waals surface area contributed by atoms with Gasteiger partial charge in [0.25, 0.3) is 0 Å². The number of fused-ring (bicyclic) bond motifs is 1. The van der Waals surface area contributed by atoms with Crippen molar-refractivity contribution in [2.24, 2.45) is 7.05 Å². The third-order valence-corrected chi connectivity index (χ3v) is 6.41. The molecule has 2 N–H and O–H groups in total. The summed E-state index contributed by atoms with van der Waals surface area (Å²) in [5.41, 5.74) is 1.09. The highest BCUT2D eigenvalue weighted by molar-refractivity contribution is 6.32. The number of nitrogens with one attached hydrogen (secondary N) is 2. The van der Waals surface area contributed by atoms with Crippen molar-refractivity contribution in [3.63, 3.8) is 0 Å². The minimum atomic E-state index is -0.366. The molecule has 12 heteroatoms. The summed E-state index contributed by atoms with van der Waals surface area (Å²) in [7, 11) is 1.69. The van der Waals surface area contributed by atoms with Gasteiger partial charge in [0.1, 0.15) is 16.7 Å². The number of hydrogen-bond donors (Lipinski definition) is 2. The van der Waals surface area contributed by atoms with E-state index in [4.69, 9.17) is 21.3 Å². The van der Waals surface area contributed by atoms with Crippen LogP contribution in [-0.4, -0.2) is 54.8 Å². The topological polar surface area (TPSA) is 123 Å². The van der Waals surface area contributed by atoms with Gasteiger partial charge < -0.3 is 20.3 Å². The molecule has 0 spiro atoms. The Labute approximate surface area is 218 Å². The van der Waals surface area contributed by atoms with Crippen LogP contribution in [0.5, 0.6) is 0 Å². The molecule has 1 fully saturated rings. The van der Waals surface area contributed by atoms with Gasteiger partial charge in [-0.25, -0.2) is 19.7 Å². The molecule has 11 nitrogen and oxygen atoms in total. The zero-order valence-corrected chi connectivity index (χ0v) is 21.8. The van der Waals surface area contributed by atoms with Crippen molar-refractivity contribution in [2.75, 3.05) is 28.6 Å². The number of aromatic nitrogens is 6. The van der Waals surface area contributed by atoms with E-state index in [9.17, 15) is 4.79 Å². The van der Waals surface area contributed by atoms with Gasteiger partial charge in [0, 0.05) is 43.6 Å². The Kier molecular flexibility index (Phi) is 6.90. The molecule has 0 saturated carbocycles. The first-order valence-corrected chi connectivity index (χ1v) is 12.4. The normalized spacial score (nSPS) is 18.6. The lowest BCUT2D eigenvalue weighted by atomic mass is 10.2. The fraction of sp³-hybridized carbons (Fsp3) is 0.360. The molecule has 0 bridgehead atoms. The van der Waals surface area contributed by atoms with Crippen LogP contribution in [0, 0.1) is 0 Å². The highest BCUT2D eigenvalue weighted by Crippen LogP contribution is 2.30. The lowest BCUT2D eigenvalue weighted by Crippen LogP contribution is -2.46. The van der Waals surface area contributed by atoms with Crippen LogP contribution in [0.25, 0.3) is 10.9 Å². The quantitative estimate of drug-likeness (QED) is 0.388. The first-order chi connectivity index (χ1) is 17.8. The van der Waals surface area contributed by atoms with Crippen LogP contribution in [0.4, 0.5) is 23.3 Å². The molecule has 0 amide bonds. The molecule has 3 atom stereocenters. The minimum absolute atomic E-state index is 0.0775. The molecule has 5 rings (SSSR count). The summed E-state index contributed by atoms with van der Waals surface area (Å²) in [5, 5.41) is 7.73. The van der Waals surface area contributed by atoms with Gasteiger partial charge in [0.15, 0.2) is 5.82 Å². The fourth-order valence-corrected chi connectivity index (χ4v) is 4.56. The Hall–Kier alpha value is -3.83. The van der Waals surface area contributed by atoms with Gasteiger partial charge in [-0.3, -0.25) is 4.57 Å². The Morgan fingerprint density at radius 2 is 1.81 bits per heavy atom. The van der Waals surface area contributed by atoms with Gasteiger partial charge in [-0.1, -0.05) is 11.6 Å². The molecule has 1 saturated heterocycles. The van der Waals surface area contributed by atoms with Crippen LogP contribution in [0.3, 0.4) is 0 Å². The van der Waals surface area contributed by atoms with Crippen molar-refractivity contribution >= 4 is 45.8 Å². The van der Waals surface area contributed by atoms with Crippen LogP contribution < -0.4 is 21.2 Å². The largest absolute Gasteiger partial charge is 0.372 e. The molecule has 1 aliphatic rings. The standard InChI is InChI=1S/C25H28ClN9O2/c1-14-12-35(13-15(2)37-14)24-29-11-19(26)23(32-24)31-17-6-7-20-18(10-17)22(33-25(36)34(20)4)30-16(3)21-27-8-5-9-28-21/h5-11,14-16H,12-13H2,1-4H3,(H,29,31,32)(H,30,33,36)/t14-,15+,16?. The predicted molar refractivity (Wildman–Crippen MR) is 144 cm³/mol. The number of anilines is 4. The fourth-order valence-electron chi connectivity index (χ4n) is 4.42. The maximum absolute atomic E-state index is 12.5. The highest BCUT2D eigenvalue weighted by atomic mass is 35.5. The van der Waals surface area contributed by atoms with Crippen LogP contribution in [0.1, 0.15) is 32.6 Å². The number of nitrogens with zero attached hydrogens (tertiary/aromatic N) is 7. The van der Waals surface area contributed by atoms with E-state index in [1.807, 2.05) is 39.0 Å². The zero-order valence-electron chi connectivity index (χ0n) is 21.0. The van der Waals surface area contributed by atoms with Crippen LogP contribution in [0.2, 0.25) is 5.02 Å². The minimum Gasteiger partial charge on any atom is -0.372 e. The van der Waals surface area contributed by atoms with Gasteiger partial charge in [0.2, 0.25) is 5.95 Å². The summed E-state index contributed by atoms with van der Waals surface area (Å²) in [4.78, 5) is 36.6. The predicted octanol–water partition coefficient (Wildman–Crippen LogP) is 3.70. The molecule has 1 unspecified atom stereocenters. The third kappa shape index (κ3) is 5.32. The maximum atomic E-state index is 12.5. The second-order valence-corrected chi connectivity index (χ2v) is 9.57. The maximum Gasteiger partial charge on any atom is 0.349 e. The van der Waals surface area contributed by atoms with Gasteiger partial charge in [0.05, 0.1) is 30.0 Å². The van der Waals surface area contributed by atoms with E-state index >= 15 is 0 Å². The van der Waals surface area contributed by atoms with Crippen LogP contribution >= 0.6 is 11.6 Å². The molecule has 0 aliphatic carbocycles. The average Bonchev–Trinajstić information content (AvgIpc) is 2.88. The lowest BCUT2D eigenvalue weighted by Gasteiger charge is -2.35. The third-order valence-electron chi connectivity index (χ3n) is 6.13. The molecule has 1 aromatic carbocycles. The number of ether oxygens (including phenoxy) is 1. The first kappa shape index (κ1) is 24.8. The van der Waals surface area contributed by atoms with Crippen molar-refractivity contribution < 1.29 is 4.74 Å². The van der Waals surface area contributed by atoms with Crippen molar-refractivity contribution in [1.29, 1.82) is 0 Å². The Morgan fingerprint density at radius 3 is 2.54 bits per heavy atom. The number of morpholine rings is 1. The lowest BCUT2D eigenvalue weighted by molar-refractivity contribution is -0.00571. The average molecular weight is 522 g/mol. The van der Waals surface area contributed by atoms with Crippen molar-refractivity contribution in [2.45, 2.75) is 39.0 Å². The Morgan fingerprint density at radius 1 is 1.08 bits per heavy atom. The molecule has 4 aromatic rings.